The molecule has 654 valence electrons. The molecule has 0 fully saturated rings. The van der Waals surface area contributed by atoms with Gasteiger partial charge in [0.2, 0.25) is 0 Å². The highest BCUT2D eigenvalue weighted by Gasteiger charge is 2.24. The molecular formula is C128H82N12. The largest absolute Gasteiger partial charge is 0.263 e. The zero-order valence-electron chi connectivity index (χ0n) is 75.7. The highest BCUT2D eigenvalue weighted by molar-refractivity contribution is 6.17. The molecule has 0 unspecified atom stereocenters. The molecule has 0 atom stereocenters. The van der Waals surface area contributed by atoms with Crippen LogP contribution in [0.2, 0.25) is 0 Å². The van der Waals surface area contributed by atoms with Crippen molar-refractivity contribution in [3.05, 3.63) is 498 Å². The summed E-state index contributed by atoms with van der Waals surface area (Å²) in [6, 6.07) is 164. The van der Waals surface area contributed by atoms with Crippen molar-refractivity contribution >= 4 is 86.3 Å². The molecule has 0 amide bonds. The van der Waals surface area contributed by atoms with E-state index in [0.29, 0.717) is 52.4 Å². The minimum absolute atomic E-state index is 0.612. The third kappa shape index (κ3) is 16.9. The second kappa shape index (κ2) is 37.4. The Balaban J connectivity index is 0.000000114. The molecule has 0 bridgehead atoms. The Hall–Kier alpha value is -19.0. The van der Waals surface area contributed by atoms with Crippen LogP contribution in [-0.2, 0) is 0 Å². The Labute approximate surface area is 808 Å². The number of para-hydroxylation sites is 1. The Morgan fingerprint density at radius 3 is 0.721 bits per heavy atom. The van der Waals surface area contributed by atoms with Crippen molar-refractivity contribution < 1.29 is 0 Å². The molecule has 6 heterocycles. The molecule has 0 aliphatic rings. The molecule has 12 heteroatoms. The van der Waals surface area contributed by atoms with Gasteiger partial charge in [0.25, 0.3) is 0 Å². The third-order valence-electron chi connectivity index (χ3n) is 25.7. The lowest BCUT2D eigenvalue weighted by Gasteiger charge is -2.16. The molecule has 20 aromatic carbocycles. The average Bonchev–Trinajstić information content (AvgIpc) is 0.753. The number of rotatable bonds is 15. The number of hydrogen-bond acceptors (Lipinski definition) is 12. The maximum absolute atomic E-state index is 5.12. The SMILES string of the molecule is c1ccc(-c2nc(-c3ccccc3)nc(-c3cc(-c4c5ccccc5cc5ccccc45)cc(-c4cccc5cccnc45)c3)n2)cc1.c1ccc(-c2nc(-c3ccccc3)nc(-c3cc(-c4ccccn4)cc(-c4c5ccccc5cc5ccccc45)c3)n2)cc1.c1ccc(-c2nc(-c3ccccc3)nc(-c3cc(-c4cncc5ccccc45)cc(-c4c5ccccc5cc5ccccc45)c3)n2)cc1. The van der Waals surface area contributed by atoms with Gasteiger partial charge < -0.3 is 0 Å². The Bertz CT molecular complexity index is 8460. The van der Waals surface area contributed by atoms with Gasteiger partial charge in [-0.25, -0.2) is 44.9 Å². The average molecular weight is 1790 g/mol. The Morgan fingerprint density at radius 1 is 0.136 bits per heavy atom. The predicted octanol–water partition coefficient (Wildman–Crippen LogP) is 32.0. The van der Waals surface area contributed by atoms with Crippen molar-refractivity contribution in [1.29, 1.82) is 0 Å². The van der Waals surface area contributed by atoms with E-state index in [-0.39, 0.29) is 0 Å². The summed E-state index contributed by atoms with van der Waals surface area (Å²) in [4.78, 5) is 59.6. The van der Waals surface area contributed by atoms with Gasteiger partial charge in [-0.2, -0.15) is 0 Å². The number of hydrogen-bond donors (Lipinski definition) is 0. The fraction of sp³-hybridized carbons (Fsp3) is 0. The number of nitrogens with zero attached hydrogens (tertiary/aromatic N) is 12. The Kier molecular flexibility index (Phi) is 22.5. The van der Waals surface area contributed by atoms with Crippen LogP contribution in [0.25, 0.3) is 256 Å². The molecule has 0 aliphatic heterocycles. The Morgan fingerprint density at radius 2 is 0.386 bits per heavy atom. The van der Waals surface area contributed by atoms with Crippen LogP contribution >= 0.6 is 0 Å². The van der Waals surface area contributed by atoms with Crippen LogP contribution in [0.3, 0.4) is 0 Å². The smallest absolute Gasteiger partial charge is 0.164 e. The fourth-order valence-electron chi connectivity index (χ4n) is 19.2. The van der Waals surface area contributed by atoms with Crippen LogP contribution in [0.1, 0.15) is 0 Å². The van der Waals surface area contributed by atoms with Crippen molar-refractivity contribution in [1.82, 2.24) is 59.8 Å². The van der Waals surface area contributed by atoms with E-state index in [2.05, 4.69) is 272 Å². The molecule has 0 saturated carbocycles. The second-order valence-corrected chi connectivity index (χ2v) is 34.6. The van der Waals surface area contributed by atoms with E-state index < -0.39 is 0 Å². The van der Waals surface area contributed by atoms with E-state index >= 15 is 0 Å². The standard InChI is InChI=1S/2C44H28N4.C40H26N4/c1-3-13-29(14-4-1)42-46-43(30-15-5-2-6-16-30)48-44(47-42)36-25-34(40-28-45-27-33-19-9-10-20-37(33)40)24-35(26-36)41-38-21-11-7-17-31(38)23-32-18-8-12-22-39(32)41;1-3-13-30(14-4-1)42-46-43(31-15-5-2-6-16-31)48-44(47-42)36-27-34(39-23-11-19-29-20-12-24-45-41(29)39)26-35(28-36)40-37-21-9-7-17-32(37)25-33-18-8-10-22-38(33)40;1-3-13-27(14-4-1)38-42-39(28-15-5-2-6-16-28)44-40(43-38)33-25-31(36-21-11-12-22-41-36)24-32(26-33)37-34-19-9-7-17-29(34)23-30-18-8-10-20-35(30)37/h2*1-28H;1-26H. The zero-order chi connectivity index (χ0) is 93.0. The molecule has 0 N–H and O–H groups in total. The maximum Gasteiger partial charge on any atom is 0.164 e. The molecule has 0 radical (unpaired) electrons. The van der Waals surface area contributed by atoms with E-state index in [1.165, 1.54) is 81.3 Å². The summed E-state index contributed by atoms with van der Waals surface area (Å²) in [5.41, 5.74) is 22.2. The van der Waals surface area contributed by atoms with Crippen LogP contribution in [0.15, 0.2) is 498 Å². The van der Waals surface area contributed by atoms with Crippen LogP contribution < -0.4 is 0 Å². The monoisotopic (exact) mass is 1790 g/mol. The van der Waals surface area contributed by atoms with Crippen LogP contribution in [0.5, 0.6) is 0 Å². The second-order valence-electron chi connectivity index (χ2n) is 34.6. The van der Waals surface area contributed by atoms with Crippen molar-refractivity contribution in [2.75, 3.05) is 0 Å². The lowest BCUT2D eigenvalue weighted by atomic mass is 9.89. The molecular weight excluding hydrogens is 1710 g/mol. The highest BCUT2D eigenvalue weighted by Crippen LogP contribution is 2.47. The lowest BCUT2D eigenvalue weighted by molar-refractivity contribution is 1.07. The summed E-state index contributed by atoms with van der Waals surface area (Å²) < 4.78 is 0. The summed E-state index contributed by atoms with van der Waals surface area (Å²) in [5.74, 6) is 5.64. The summed E-state index contributed by atoms with van der Waals surface area (Å²) in [7, 11) is 0. The van der Waals surface area contributed by atoms with Gasteiger partial charge in [-0.15, -0.1) is 0 Å². The fourth-order valence-corrected chi connectivity index (χ4v) is 19.2. The van der Waals surface area contributed by atoms with Gasteiger partial charge in [-0.3, -0.25) is 15.0 Å². The summed E-state index contributed by atoms with van der Waals surface area (Å²) >= 11 is 0. The van der Waals surface area contributed by atoms with Crippen molar-refractivity contribution in [3.63, 3.8) is 0 Å². The van der Waals surface area contributed by atoms with Crippen LogP contribution in [0, 0.1) is 0 Å². The van der Waals surface area contributed by atoms with E-state index in [9.17, 15) is 0 Å². The number of fused-ring (bicyclic) bond motifs is 8. The molecule has 26 rings (SSSR count). The zero-order valence-corrected chi connectivity index (χ0v) is 75.7. The van der Waals surface area contributed by atoms with E-state index in [0.717, 1.165) is 122 Å². The van der Waals surface area contributed by atoms with Gasteiger partial charge in [0, 0.05) is 102 Å². The minimum Gasteiger partial charge on any atom is -0.263 e. The van der Waals surface area contributed by atoms with Gasteiger partial charge in [0.1, 0.15) is 0 Å². The minimum atomic E-state index is 0.612. The van der Waals surface area contributed by atoms with Gasteiger partial charge in [-0.05, 0) is 206 Å². The number of pyridine rings is 3. The van der Waals surface area contributed by atoms with Gasteiger partial charge >= 0.3 is 0 Å². The maximum atomic E-state index is 5.12. The van der Waals surface area contributed by atoms with Gasteiger partial charge in [0.15, 0.2) is 52.4 Å². The first-order valence-electron chi connectivity index (χ1n) is 46.8. The lowest BCUT2D eigenvalue weighted by Crippen LogP contribution is -2.00. The number of benzene rings is 20. The van der Waals surface area contributed by atoms with Gasteiger partial charge in [0.05, 0.1) is 11.2 Å². The van der Waals surface area contributed by atoms with E-state index in [1.54, 1.807) is 0 Å². The molecule has 0 saturated heterocycles. The van der Waals surface area contributed by atoms with Crippen LogP contribution in [0.4, 0.5) is 0 Å². The van der Waals surface area contributed by atoms with Crippen LogP contribution in [-0.4, -0.2) is 59.8 Å². The van der Waals surface area contributed by atoms with Crippen molar-refractivity contribution in [2.24, 2.45) is 0 Å². The van der Waals surface area contributed by atoms with Crippen molar-refractivity contribution in [2.45, 2.75) is 0 Å². The molecule has 26 aromatic rings. The van der Waals surface area contributed by atoms with E-state index in [4.69, 9.17) is 54.8 Å². The van der Waals surface area contributed by atoms with E-state index in [1.807, 2.05) is 231 Å². The first-order chi connectivity index (χ1) is 69.4. The molecule has 0 aliphatic carbocycles. The van der Waals surface area contributed by atoms with Gasteiger partial charge in [-0.1, -0.05) is 382 Å². The summed E-state index contributed by atoms with van der Waals surface area (Å²) in [6.07, 6.45) is 7.58. The quantitative estimate of drug-likeness (QED) is 0.0897. The highest BCUT2D eigenvalue weighted by atomic mass is 15.1. The molecule has 0 spiro atoms. The summed E-state index contributed by atoms with van der Waals surface area (Å²) in [5, 5.41) is 17.7. The van der Waals surface area contributed by atoms with Crippen molar-refractivity contribution in [3.8, 4) is 169 Å². The molecule has 6 aromatic heterocycles. The third-order valence-corrected chi connectivity index (χ3v) is 25.7. The first kappa shape index (κ1) is 84.0. The first-order valence-corrected chi connectivity index (χ1v) is 46.8. The number of aromatic nitrogens is 12. The predicted molar refractivity (Wildman–Crippen MR) is 574 cm³/mol. The normalized spacial score (nSPS) is 11.3. The molecule has 140 heavy (non-hydrogen) atoms. The summed E-state index contributed by atoms with van der Waals surface area (Å²) in [6.45, 7) is 0. The topological polar surface area (TPSA) is 155 Å². The molecule has 12 nitrogen and oxygen atoms in total.